The summed E-state index contributed by atoms with van der Waals surface area (Å²) < 4.78 is 1.24. The third-order valence-corrected chi connectivity index (χ3v) is 12.3. The maximum Gasteiger partial charge on any atom is 0.223 e. The minimum atomic E-state index is -2.22. The third-order valence-electron chi connectivity index (χ3n) is 5.46. The van der Waals surface area contributed by atoms with E-state index in [0.29, 0.717) is 0 Å². The van der Waals surface area contributed by atoms with Gasteiger partial charge in [0.15, 0.2) is 7.26 Å². The number of benzene rings is 4. The molecule has 0 atom stereocenters. The van der Waals surface area contributed by atoms with Gasteiger partial charge in [0.05, 0.1) is 5.01 Å². The molecule has 33 heavy (non-hydrogen) atoms. The van der Waals surface area contributed by atoms with Crippen molar-refractivity contribution in [3.8, 4) is 0 Å². The molecular formula is C28H22ClNPS2+. The molecule has 0 saturated heterocycles. The Kier molecular flexibility index (Phi) is 6.66. The minimum absolute atomic E-state index is 0.750. The topological polar surface area (TPSA) is 12.9 Å². The number of aromatic nitrogens is 1. The van der Waals surface area contributed by atoms with Crippen molar-refractivity contribution >= 4 is 63.3 Å². The average molecular weight is 503 g/mol. The number of aryl methyl sites for hydroxylation is 1. The molecule has 0 N–H and O–H groups in total. The van der Waals surface area contributed by atoms with E-state index in [4.69, 9.17) is 16.6 Å². The molecule has 0 unspecified atom stereocenters. The predicted octanol–water partition coefficient (Wildman–Crippen LogP) is 6.88. The van der Waals surface area contributed by atoms with Gasteiger partial charge < -0.3 is 0 Å². The molecule has 5 rings (SSSR count). The van der Waals surface area contributed by atoms with E-state index >= 15 is 0 Å². The summed E-state index contributed by atoms with van der Waals surface area (Å²) in [5.41, 5.74) is 1.17. The van der Waals surface area contributed by atoms with Crippen LogP contribution in [0.5, 0.6) is 0 Å². The van der Waals surface area contributed by atoms with E-state index in [9.17, 15) is 0 Å². The SMILES string of the molecule is Cc1nc([P+](c2ccccc2)(c2ccccc2)c2ccccc2)c(Sc2ccc(Cl)cc2)s1. The van der Waals surface area contributed by atoms with Gasteiger partial charge in [-0.25, -0.2) is 4.98 Å². The van der Waals surface area contributed by atoms with Gasteiger partial charge in [0, 0.05) is 9.92 Å². The van der Waals surface area contributed by atoms with Crippen molar-refractivity contribution in [3.63, 3.8) is 0 Å². The van der Waals surface area contributed by atoms with E-state index < -0.39 is 7.26 Å². The molecule has 0 saturated carbocycles. The van der Waals surface area contributed by atoms with Crippen LogP contribution < -0.4 is 21.3 Å². The van der Waals surface area contributed by atoms with Gasteiger partial charge in [-0.15, -0.1) is 11.3 Å². The Hall–Kier alpha value is -2.42. The van der Waals surface area contributed by atoms with E-state index in [1.54, 1.807) is 23.1 Å². The van der Waals surface area contributed by atoms with Crippen molar-refractivity contribution in [1.29, 1.82) is 0 Å². The largest absolute Gasteiger partial charge is 0.223 e. The molecule has 1 aromatic heterocycles. The van der Waals surface area contributed by atoms with Crippen LogP contribution in [-0.2, 0) is 0 Å². The number of hydrogen-bond acceptors (Lipinski definition) is 3. The first-order valence-electron chi connectivity index (χ1n) is 10.7. The van der Waals surface area contributed by atoms with E-state index in [2.05, 4.69) is 110 Å². The molecule has 0 spiro atoms. The van der Waals surface area contributed by atoms with Crippen LogP contribution in [0, 0.1) is 6.92 Å². The highest BCUT2D eigenvalue weighted by Crippen LogP contribution is 2.56. The number of nitrogens with zero attached hydrogens (tertiary/aromatic N) is 1. The third kappa shape index (κ3) is 4.39. The van der Waals surface area contributed by atoms with Crippen molar-refractivity contribution in [2.24, 2.45) is 0 Å². The van der Waals surface area contributed by atoms with Crippen molar-refractivity contribution in [2.75, 3.05) is 0 Å². The summed E-state index contributed by atoms with van der Waals surface area (Å²) >= 11 is 9.70. The lowest BCUT2D eigenvalue weighted by Crippen LogP contribution is -2.39. The molecule has 0 aliphatic carbocycles. The molecule has 0 aliphatic heterocycles. The van der Waals surface area contributed by atoms with E-state index in [1.165, 1.54) is 25.6 Å². The van der Waals surface area contributed by atoms with Crippen LogP contribution in [0.25, 0.3) is 0 Å². The highest BCUT2D eigenvalue weighted by Gasteiger charge is 2.51. The van der Waals surface area contributed by atoms with Gasteiger partial charge in [0.2, 0.25) is 5.44 Å². The Morgan fingerprint density at radius 2 is 1.12 bits per heavy atom. The van der Waals surface area contributed by atoms with Crippen LogP contribution in [0.3, 0.4) is 0 Å². The molecule has 0 amide bonds. The van der Waals surface area contributed by atoms with Gasteiger partial charge in [-0.05, 0) is 67.6 Å². The van der Waals surface area contributed by atoms with Gasteiger partial charge in [0.25, 0.3) is 0 Å². The Morgan fingerprint density at radius 3 is 1.58 bits per heavy atom. The number of rotatable bonds is 6. The zero-order valence-electron chi connectivity index (χ0n) is 18.1. The molecule has 1 nitrogen and oxygen atoms in total. The first kappa shape index (κ1) is 22.4. The number of halogens is 1. The molecule has 0 fully saturated rings. The second-order valence-corrected chi connectivity index (χ2v) is 13.9. The standard InChI is InChI=1S/C28H22ClNPS2/c1-21-30-27(28(32-21)33-26-19-17-22(29)18-20-26)31(23-11-5-2-6-12-23,24-13-7-3-8-14-24)25-15-9-4-10-16-25/h2-20H,1H3/q+1. The van der Waals surface area contributed by atoms with Crippen molar-refractivity contribution in [3.05, 3.63) is 125 Å². The maximum absolute atomic E-state index is 6.15. The highest BCUT2D eigenvalue weighted by molar-refractivity contribution is 8.05. The minimum Gasteiger partial charge on any atom is -0.205 e. The van der Waals surface area contributed by atoms with Crippen LogP contribution in [0.15, 0.2) is 124 Å². The molecule has 4 aromatic carbocycles. The van der Waals surface area contributed by atoms with E-state index in [-0.39, 0.29) is 0 Å². The lowest BCUT2D eigenvalue weighted by Gasteiger charge is -2.26. The summed E-state index contributed by atoms with van der Waals surface area (Å²) in [5, 5.41) is 5.76. The van der Waals surface area contributed by atoms with E-state index in [0.717, 1.165) is 14.9 Å². The fourth-order valence-corrected chi connectivity index (χ4v) is 11.4. The maximum atomic E-state index is 6.15. The molecule has 1 heterocycles. The molecule has 0 aliphatic rings. The lowest BCUT2D eigenvalue weighted by atomic mass is 10.4. The van der Waals surface area contributed by atoms with Gasteiger partial charge in [-0.3, -0.25) is 0 Å². The fraction of sp³-hybridized carbons (Fsp3) is 0.0357. The second kappa shape index (κ2) is 9.83. The fourth-order valence-electron chi connectivity index (χ4n) is 4.05. The van der Waals surface area contributed by atoms with Gasteiger partial charge in [-0.2, -0.15) is 0 Å². The van der Waals surface area contributed by atoms with Gasteiger partial charge in [-0.1, -0.05) is 78.0 Å². The Labute approximate surface area is 208 Å². The summed E-state index contributed by atoms with van der Waals surface area (Å²) in [4.78, 5) is 6.41. The summed E-state index contributed by atoms with van der Waals surface area (Å²) in [6.45, 7) is 2.11. The van der Waals surface area contributed by atoms with Crippen molar-refractivity contribution in [2.45, 2.75) is 16.0 Å². The summed E-state index contributed by atoms with van der Waals surface area (Å²) in [5.74, 6) is 0. The first-order chi connectivity index (χ1) is 16.2. The average Bonchev–Trinajstić information content (AvgIpc) is 3.23. The summed E-state index contributed by atoms with van der Waals surface area (Å²) in [7, 11) is -2.22. The molecule has 5 aromatic rings. The number of hydrogen-bond donors (Lipinski definition) is 0. The molecule has 0 radical (unpaired) electrons. The predicted molar refractivity (Wildman–Crippen MR) is 147 cm³/mol. The molecule has 162 valence electrons. The van der Waals surface area contributed by atoms with Crippen molar-refractivity contribution in [1.82, 2.24) is 4.98 Å². The normalized spacial score (nSPS) is 11.5. The van der Waals surface area contributed by atoms with Gasteiger partial charge >= 0.3 is 0 Å². The van der Waals surface area contributed by atoms with Gasteiger partial charge in [0.1, 0.15) is 20.1 Å². The van der Waals surface area contributed by atoms with Crippen LogP contribution in [0.1, 0.15) is 5.01 Å². The Morgan fingerprint density at radius 1 is 0.667 bits per heavy atom. The highest BCUT2D eigenvalue weighted by atomic mass is 35.5. The van der Waals surface area contributed by atoms with E-state index in [1.807, 2.05) is 12.1 Å². The monoisotopic (exact) mass is 502 g/mol. The second-order valence-electron chi connectivity index (χ2n) is 7.58. The zero-order valence-corrected chi connectivity index (χ0v) is 21.3. The van der Waals surface area contributed by atoms with Crippen molar-refractivity contribution < 1.29 is 0 Å². The van der Waals surface area contributed by atoms with Crippen LogP contribution in [0.2, 0.25) is 5.02 Å². The summed E-state index contributed by atoms with van der Waals surface area (Å²) in [6.07, 6.45) is 0. The lowest BCUT2D eigenvalue weighted by molar-refractivity contribution is 1.32. The van der Waals surface area contributed by atoms with Crippen LogP contribution in [-0.4, -0.2) is 4.98 Å². The summed E-state index contributed by atoms with van der Waals surface area (Å²) in [6, 6.07) is 40.7. The molecule has 0 bridgehead atoms. The Bertz CT molecular complexity index is 1240. The number of thiazole rings is 1. The Balaban J connectivity index is 1.82. The molecule has 5 heteroatoms. The quantitative estimate of drug-likeness (QED) is 0.235. The van der Waals surface area contributed by atoms with Crippen LogP contribution >= 0.6 is 42.0 Å². The van der Waals surface area contributed by atoms with Crippen LogP contribution in [0.4, 0.5) is 0 Å². The molecular weight excluding hydrogens is 481 g/mol. The smallest absolute Gasteiger partial charge is 0.205 e. The zero-order chi connectivity index (χ0) is 22.7. The first-order valence-corrected chi connectivity index (χ1v) is 14.5.